The lowest BCUT2D eigenvalue weighted by atomic mass is 10.1. The van der Waals surface area contributed by atoms with Crippen LogP contribution in [0.25, 0.3) is 6.08 Å². The molecule has 1 heterocycles. The molecule has 1 aliphatic rings. The van der Waals surface area contributed by atoms with Crippen LogP contribution in [0, 0.1) is 13.8 Å². The molecule has 204 valence electrons. The Hall–Kier alpha value is -3.03. The van der Waals surface area contributed by atoms with Crippen LogP contribution >= 0.6 is 27.7 Å². The lowest BCUT2D eigenvalue weighted by Gasteiger charge is -2.16. The first-order chi connectivity index (χ1) is 18.9. The van der Waals surface area contributed by atoms with Gasteiger partial charge in [0.25, 0.3) is 5.91 Å². The number of benzene rings is 3. The zero-order valence-corrected chi connectivity index (χ0v) is 25.4. The van der Waals surface area contributed by atoms with Crippen molar-refractivity contribution in [2.75, 3.05) is 18.1 Å². The van der Waals surface area contributed by atoms with Crippen molar-refractivity contribution in [3.05, 3.63) is 86.7 Å². The van der Waals surface area contributed by atoms with Gasteiger partial charge in [-0.3, -0.25) is 9.69 Å². The number of amidine groups is 1. The quantitative estimate of drug-likeness (QED) is 0.161. The molecule has 3 aromatic carbocycles. The zero-order chi connectivity index (χ0) is 27.8. The first-order valence-corrected chi connectivity index (χ1v) is 15.1. The highest BCUT2D eigenvalue weighted by molar-refractivity contribution is 9.10. The maximum Gasteiger partial charge on any atom is 0.271 e. The van der Waals surface area contributed by atoms with E-state index in [4.69, 9.17) is 14.5 Å². The van der Waals surface area contributed by atoms with E-state index < -0.39 is 0 Å². The van der Waals surface area contributed by atoms with Crippen LogP contribution in [0.1, 0.15) is 56.2 Å². The summed E-state index contributed by atoms with van der Waals surface area (Å²) < 4.78 is 12.8. The smallest absolute Gasteiger partial charge is 0.271 e. The number of anilines is 1. The minimum Gasteiger partial charge on any atom is -0.490 e. The van der Waals surface area contributed by atoms with Crippen molar-refractivity contribution in [1.82, 2.24) is 0 Å². The molecule has 7 heteroatoms. The van der Waals surface area contributed by atoms with E-state index in [1.54, 1.807) is 4.90 Å². The van der Waals surface area contributed by atoms with E-state index in [2.05, 4.69) is 22.9 Å². The Bertz CT molecular complexity index is 1350. The topological polar surface area (TPSA) is 51.1 Å². The summed E-state index contributed by atoms with van der Waals surface area (Å²) in [7, 11) is 0. The number of rotatable bonds is 11. The molecule has 0 bridgehead atoms. The summed E-state index contributed by atoms with van der Waals surface area (Å²) in [4.78, 5) is 20.8. The Morgan fingerprint density at radius 2 is 1.62 bits per heavy atom. The molecule has 1 amide bonds. The molecule has 3 aromatic rings. The summed E-state index contributed by atoms with van der Waals surface area (Å²) in [6.07, 6.45) is 6.43. The summed E-state index contributed by atoms with van der Waals surface area (Å²) in [5.41, 5.74) is 4.73. The number of amides is 1. The van der Waals surface area contributed by atoms with Gasteiger partial charge in [-0.15, -0.1) is 0 Å². The summed E-state index contributed by atoms with van der Waals surface area (Å²) in [6, 6.07) is 19.8. The fourth-order valence-corrected chi connectivity index (χ4v) is 5.70. The molecule has 0 atom stereocenters. The molecule has 1 fully saturated rings. The van der Waals surface area contributed by atoms with Gasteiger partial charge in [-0.25, -0.2) is 4.99 Å². The van der Waals surface area contributed by atoms with Gasteiger partial charge in [0.2, 0.25) is 0 Å². The number of nitrogens with zero attached hydrogens (tertiary/aromatic N) is 2. The number of aryl methyl sites for hydroxylation is 2. The van der Waals surface area contributed by atoms with Crippen LogP contribution in [-0.2, 0) is 4.79 Å². The van der Waals surface area contributed by atoms with Crippen molar-refractivity contribution in [1.29, 1.82) is 0 Å². The van der Waals surface area contributed by atoms with Gasteiger partial charge < -0.3 is 9.47 Å². The molecular formula is C32H35BrN2O3S. The fourth-order valence-electron chi connectivity index (χ4n) is 4.13. The van der Waals surface area contributed by atoms with Crippen LogP contribution in [0.4, 0.5) is 11.4 Å². The Kier molecular flexibility index (Phi) is 10.3. The third-order valence-electron chi connectivity index (χ3n) is 6.23. The van der Waals surface area contributed by atoms with E-state index >= 15 is 0 Å². The number of thioether (sulfide) groups is 1. The molecule has 0 radical (unpaired) electrons. The Balaban J connectivity index is 1.66. The first-order valence-electron chi connectivity index (χ1n) is 13.4. The van der Waals surface area contributed by atoms with Crippen LogP contribution in [0.2, 0.25) is 0 Å². The molecule has 4 rings (SSSR count). The van der Waals surface area contributed by atoms with Gasteiger partial charge in [0.05, 0.1) is 34.0 Å². The van der Waals surface area contributed by atoms with Gasteiger partial charge in [0.1, 0.15) is 0 Å². The van der Waals surface area contributed by atoms with E-state index in [1.165, 1.54) is 24.6 Å². The molecule has 0 aromatic heterocycles. The highest BCUT2D eigenvalue weighted by atomic mass is 79.9. The number of hydrogen-bond acceptors (Lipinski definition) is 5. The first kappa shape index (κ1) is 29.0. The molecule has 1 aliphatic heterocycles. The minimum absolute atomic E-state index is 0.111. The van der Waals surface area contributed by atoms with E-state index in [0.29, 0.717) is 34.8 Å². The van der Waals surface area contributed by atoms with Gasteiger partial charge in [0.15, 0.2) is 16.7 Å². The third-order valence-corrected chi connectivity index (χ3v) is 7.79. The minimum atomic E-state index is -0.111. The standard InChI is InChI=1S/C32H35BrN2O3S/c1-5-7-8-9-18-38-30-27(33)19-24(20-28(30)37-6-2)21-29-31(36)35(26-16-12-23(4)13-17-26)32(39-29)34-25-14-10-22(3)11-15-25/h10-17,19-21H,5-9,18H2,1-4H3/b29-21+,34-32?. The van der Waals surface area contributed by atoms with Crippen LogP contribution in [-0.4, -0.2) is 24.3 Å². The predicted octanol–water partition coefficient (Wildman–Crippen LogP) is 9.23. The third kappa shape index (κ3) is 7.55. The van der Waals surface area contributed by atoms with Crippen molar-refractivity contribution in [2.24, 2.45) is 4.99 Å². The van der Waals surface area contributed by atoms with E-state index in [1.807, 2.05) is 87.5 Å². The largest absolute Gasteiger partial charge is 0.490 e. The molecule has 1 saturated heterocycles. The molecule has 0 N–H and O–H groups in total. The summed E-state index contributed by atoms with van der Waals surface area (Å²) in [5, 5.41) is 0.620. The monoisotopic (exact) mass is 606 g/mol. The molecule has 0 unspecified atom stereocenters. The average molecular weight is 608 g/mol. The Labute approximate surface area is 244 Å². The van der Waals surface area contributed by atoms with E-state index in [-0.39, 0.29) is 5.91 Å². The van der Waals surface area contributed by atoms with Gasteiger partial charge in [0, 0.05) is 0 Å². The SMILES string of the molecule is CCCCCCOc1c(Br)cc(/C=C2/SC(=Nc3ccc(C)cc3)N(c3ccc(C)cc3)C2=O)cc1OCC. The second kappa shape index (κ2) is 13.9. The Morgan fingerprint density at radius 3 is 2.28 bits per heavy atom. The molecule has 0 spiro atoms. The number of carbonyl (C=O) groups excluding carboxylic acids is 1. The van der Waals surface area contributed by atoms with E-state index in [0.717, 1.165) is 45.4 Å². The summed E-state index contributed by atoms with van der Waals surface area (Å²) >= 11 is 5.04. The normalized spacial score (nSPS) is 15.4. The maximum absolute atomic E-state index is 13.7. The van der Waals surface area contributed by atoms with Gasteiger partial charge in [-0.2, -0.15) is 0 Å². The number of ether oxygens (including phenoxy) is 2. The second-order valence-electron chi connectivity index (χ2n) is 9.49. The van der Waals surface area contributed by atoms with Crippen molar-refractivity contribution in [2.45, 2.75) is 53.4 Å². The number of unbranched alkanes of at least 4 members (excludes halogenated alkanes) is 3. The number of hydrogen-bond donors (Lipinski definition) is 0. The molecule has 5 nitrogen and oxygen atoms in total. The number of halogens is 1. The molecular weight excluding hydrogens is 572 g/mol. The lowest BCUT2D eigenvalue weighted by Crippen LogP contribution is -2.28. The fraction of sp³-hybridized carbons (Fsp3) is 0.312. The second-order valence-corrected chi connectivity index (χ2v) is 11.4. The highest BCUT2D eigenvalue weighted by Gasteiger charge is 2.35. The van der Waals surface area contributed by atoms with Gasteiger partial charge >= 0.3 is 0 Å². The maximum atomic E-state index is 13.7. The van der Waals surface area contributed by atoms with Crippen LogP contribution in [0.3, 0.4) is 0 Å². The van der Waals surface area contributed by atoms with Gasteiger partial charge in [-0.1, -0.05) is 61.6 Å². The summed E-state index contributed by atoms with van der Waals surface area (Å²) in [6.45, 7) is 9.37. The van der Waals surface area contributed by atoms with Crippen LogP contribution < -0.4 is 14.4 Å². The summed E-state index contributed by atoms with van der Waals surface area (Å²) in [5.74, 6) is 1.25. The zero-order valence-electron chi connectivity index (χ0n) is 23.0. The number of aliphatic imine (C=N–C) groups is 1. The van der Waals surface area contributed by atoms with Crippen molar-refractivity contribution in [3.63, 3.8) is 0 Å². The predicted molar refractivity (Wildman–Crippen MR) is 167 cm³/mol. The molecule has 39 heavy (non-hydrogen) atoms. The van der Waals surface area contributed by atoms with Crippen LogP contribution in [0.15, 0.2) is 75.0 Å². The molecule has 0 aliphatic carbocycles. The lowest BCUT2D eigenvalue weighted by molar-refractivity contribution is -0.113. The number of carbonyl (C=O) groups is 1. The van der Waals surface area contributed by atoms with Crippen molar-refractivity contribution in [3.8, 4) is 11.5 Å². The Morgan fingerprint density at radius 1 is 0.923 bits per heavy atom. The highest BCUT2D eigenvalue weighted by Crippen LogP contribution is 2.41. The van der Waals surface area contributed by atoms with Crippen LogP contribution in [0.5, 0.6) is 11.5 Å². The van der Waals surface area contributed by atoms with Crippen molar-refractivity contribution < 1.29 is 14.3 Å². The molecule has 0 saturated carbocycles. The van der Waals surface area contributed by atoms with E-state index in [9.17, 15) is 4.79 Å². The van der Waals surface area contributed by atoms with Crippen molar-refractivity contribution >= 4 is 56.2 Å². The average Bonchev–Trinajstić information content (AvgIpc) is 3.21. The van der Waals surface area contributed by atoms with Gasteiger partial charge in [-0.05, 0) is 103 Å².